The summed E-state index contributed by atoms with van der Waals surface area (Å²) >= 11 is 5.57. The highest BCUT2D eigenvalue weighted by atomic mass is 35.5. The number of benzene rings is 1. The topological polar surface area (TPSA) is 67.5 Å². The highest BCUT2D eigenvalue weighted by molar-refractivity contribution is 6.28. The maximum Gasteiger partial charge on any atom is 0.251 e. The van der Waals surface area contributed by atoms with Gasteiger partial charge in [-0.05, 0) is 31.5 Å². The van der Waals surface area contributed by atoms with E-state index in [9.17, 15) is 4.79 Å². The van der Waals surface area contributed by atoms with E-state index in [1.807, 2.05) is 13.8 Å². The van der Waals surface area contributed by atoms with Crippen molar-refractivity contribution in [3.63, 3.8) is 0 Å². The zero-order chi connectivity index (χ0) is 12.8. The lowest BCUT2D eigenvalue weighted by atomic mass is 10.1. The fourth-order valence-corrected chi connectivity index (χ4v) is 1.49. The summed E-state index contributed by atoms with van der Waals surface area (Å²) in [7, 11) is 0. The minimum Gasteiger partial charge on any atom is -0.386 e. The molecule has 0 bridgehead atoms. The minimum absolute atomic E-state index is 0.105. The van der Waals surface area contributed by atoms with Crippen LogP contribution >= 0.6 is 11.6 Å². The third-order valence-corrected chi connectivity index (χ3v) is 2.56. The molecule has 17 heavy (non-hydrogen) atoms. The Morgan fingerprint density at radius 3 is 2.82 bits per heavy atom. The summed E-state index contributed by atoms with van der Waals surface area (Å²) in [4.78, 5) is 15.9. The monoisotopic (exact) mass is 253 g/mol. The molecule has 92 valence electrons. The van der Waals surface area contributed by atoms with E-state index in [4.69, 9.17) is 17.3 Å². The van der Waals surface area contributed by atoms with Crippen molar-refractivity contribution in [2.45, 2.75) is 13.8 Å². The van der Waals surface area contributed by atoms with Crippen molar-refractivity contribution >= 4 is 29.0 Å². The van der Waals surface area contributed by atoms with Crippen molar-refractivity contribution in [3.05, 3.63) is 29.3 Å². The van der Waals surface area contributed by atoms with Crippen LogP contribution in [0.5, 0.6) is 0 Å². The highest BCUT2D eigenvalue weighted by Gasteiger charge is 2.10. The second-order valence-electron chi connectivity index (χ2n) is 3.55. The second kappa shape index (κ2) is 6.25. The number of nitrogens with two attached hydrogens (primary N) is 1. The van der Waals surface area contributed by atoms with Crippen LogP contribution < -0.4 is 11.1 Å². The Morgan fingerprint density at radius 2 is 2.24 bits per heavy atom. The van der Waals surface area contributed by atoms with Crippen LogP contribution in [0.15, 0.2) is 23.2 Å². The number of hydrogen-bond acceptors (Lipinski definition) is 2. The van der Waals surface area contributed by atoms with Crippen molar-refractivity contribution in [2.75, 3.05) is 12.4 Å². The Balaban J connectivity index is 3.11. The number of carbonyl (C=O) groups is 1. The number of alkyl halides is 1. The molecule has 1 aromatic rings. The van der Waals surface area contributed by atoms with Crippen LogP contribution in [0.3, 0.4) is 0 Å². The number of nitrogens with one attached hydrogen (secondary N) is 1. The lowest BCUT2D eigenvalue weighted by Crippen LogP contribution is -2.23. The van der Waals surface area contributed by atoms with Crippen LogP contribution in [0.25, 0.3) is 0 Å². The number of halogens is 1. The third-order valence-electron chi connectivity index (χ3n) is 2.29. The standard InChI is InChI=1S/C12H16ClN3O/c1-3-15-12(17)9-5-4-6-10(8(9)2)16-11(14)7-13/h4-6H,3,7H2,1-2H3,(H2,14,16)(H,15,17). The number of hydrogen-bond donors (Lipinski definition) is 2. The number of aliphatic imine (C=N–C) groups is 1. The van der Waals surface area contributed by atoms with Gasteiger partial charge in [-0.2, -0.15) is 0 Å². The predicted octanol–water partition coefficient (Wildman–Crippen LogP) is 1.97. The molecule has 0 saturated carbocycles. The molecule has 0 fully saturated rings. The first-order valence-electron chi connectivity index (χ1n) is 5.37. The SMILES string of the molecule is CCNC(=O)c1cccc(N=C(N)CCl)c1C. The molecule has 1 aromatic carbocycles. The molecular weight excluding hydrogens is 238 g/mol. The van der Waals surface area contributed by atoms with Gasteiger partial charge in [0.05, 0.1) is 11.6 Å². The number of carbonyl (C=O) groups excluding carboxylic acids is 1. The van der Waals surface area contributed by atoms with Crippen molar-refractivity contribution in [3.8, 4) is 0 Å². The summed E-state index contributed by atoms with van der Waals surface area (Å²) in [5.74, 6) is 0.402. The molecule has 0 aliphatic rings. The van der Waals surface area contributed by atoms with Gasteiger partial charge in [-0.1, -0.05) is 6.07 Å². The van der Waals surface area contributed by atoms with Gasteiger partial charge in [-0.3, -0.25) is 4.79 Å². The van der Waals surface area contributed by atoms with Gasteiger partial charge < -0.3 is 11.1 Å². The fourth-order valence-electron chi connectivity index (χ4n) is 1.43. The van der Waals surface area contributed by atoms with Gasteiger partial charge in [0.25, 0.3) is 5.91 Å². The molecule has 0 aliphatic carbocycles. The third kappa shape index (κ3) is 3.46. The Morgan fingerprint density at radius 1 is 1.53 bits per heavy atom. The predicted molar refractivity (Wildman–Crippen MR) is 71.2 cm³/mol. The average Bonchev–Trinajstić information content (AvgIpc) is 2.32. The van der Waals surface area contributed by atoms with E-state index in [1.54, 1.807) is 18.2 Å². The molecule has 4 nitrogen and oxygen atoms in total. The Bertz CT molecular complexity index is 443. The van der Waals surface area contributed by atoms with Crippen LogP contribution in [-0.2, 0) is 0 Å². The van der Waals surface area contributed by atoms with E-state index in [1.165, 1.54) is 0 Å². The molecule has 0 atom stereocenters. The molecule has 0 aromatic heterocycles. The molecule has 5 heteroatoms. The van der Waals surface area contributed by atoms with Crippen LogP contribution in [-0.4, -0.2) is 24.2 Å². The molecule has 0 saturated heterocycles. The van der Waals surface area contributed by atoms with Gasteiger partial charge in [0.1, 0.15) is 5.84 Å². The summed E-state index contributed by atoms with van der Waals surface area (Å²) in [6.45, 7) is 4.31. The number of amides is 1. The molecule has 1 amide bonds. The first-order valence-corrected chi connectivity index (χ1v) is 5.90. The first kappa shape index (κ1) is 13.5. The second-order valence-corrected chi connectivity index (χ2v) is 3.81. The van der Waals surface area contributed by atoms with Gasteiger partial charge >= 0.3 is 0 Å². The summed E-state index contributed by atoms with van der Waals surface area (Å²) < 4.78 is 0. The molecule has 1 rings (SSSR count). The Labute approximate surface area is 106 Å². The van der Waals surface area contributed by atoms with Gasteiger partial charge in [0.15, 0.2) is 0 Å². The van der Waals surface area contributed by atoms with Crippen LogP contribution in [0, 0.1) is 6.92 Å². The van der Waals surface area contributed by atoms with E-state index >= 15 is 0 Å². The van der Waals surface area contributed by atoms with Gasteiger partial charge in [-0.15, -0.1) is 11.6 Å². The highest BCUT2D eigenvalue weighted by Crippen LogP contribution is 2.21. The molecule has 0 unspecified atom stereocenters. The van der Waals surface area contributed by atoms with Gasteiger partial charge in [0.2, 0.25) is 0 Å². The van der Waals surface area contributed by atoms with Crippen LogP contribution in [0.1, 0.15) is 22.8 Å². The molecule has 0 aliphatic heterocycles. The normalized spacial score (nSPS) is 11.4. The first-order chi connectivity index (χ1) is 8.10. The van der Waals surface area contributed by atoms with Crippen molar-refractivity contribution in [1.82, 2.24) is 5.32 Å². The van der Waals surface area contributed by atoms with Crippen molar-refractivity contribution in [1.29, 1.82) is 0 Å². The summed E-state index contributed by atoms with van der Waals surface area (Å²) in [5, 5.41) is 2.75. The summed E-state index contributed by atoms with van der Waals surface area (Å²) in [6, 6.07) is 5.34. The van der Waals surface area contributed by atoms with Crippen LogP contribution in [0.4, 0.5) is 5.69 Å². The van der Waals surface area contributed by atoms with Crippen molar-refractivity contribution in [2.24, 2.45) is 10.7 Å². The molecule has 3 N–H and O–H groups in total. The summed E-state index contributed by atoms with van der Waals surface area (Å²) in [5.41, 5.74) is 7.65. The minimum atomic E-state index is -0.105. The lowest BCUT2D eigenvalue weighted by molar-refractivity contribution is 0.0955. The maximum absolute atomic E-state index is 11.8. The van der Waals surface area contributed by atoms with E-state index in [-0.39, 0.29) is 11.8 Å². The maximum atomic E-state index is 11.8. The van der Waals surface area contributed by atoms with Crippen molar-refractivity contribution < 1.29 is 4.79 Å². The van der Waals surface area contributed by atoms with E-state index < -0.39 is 0 Å². The zero-order valence-corrected chi connectivity index (χ0v) is 10.7. The quantitative estimate of drug-likeness (QED) is 0.489. The van der Waals surface area contributed by atoms with Crippen LogP contribution in [0.2, 0.25) is 0 Å². The van der Waals surface area contributed by atoms with E-state index in [0.29, 0.717) is 23.6 Å². The van der Waals surface area contributed by atoms with Gasteiger partial charge in [-0.25, -0.2) is 4.99 Å². The fraction of sp³-hybridized carbons (Fsp3) is 0.333. The number of amidine groups is 1. The zero-order valence-electron chi connectivity index (χ0n) is 9.96. The number of nitrogens with zero attached hydrogens (tertiary/aromatic N) is 1. The number of rotatable bonds is 4. The molecule has 0 spiro atoms. The average molecular weight is 254 g/mol. The molecular formula is C12H16ClN3O. The van der Waals surface area contributed by atoms with Gasteiger partial charge in [0, 0.05) is 12.1 Å². The molecule has 0 radical (unpaired) electrons. The summed E-state index contributed by atoms with van der Waals surface area (Å²) in [6.07, 6.45) is 0. The molecule has 0 heterocycles. The van der Waals surface area contributed by atoms with E-state index in [2.05, 4.69) is 10.3 Å². The smallest absolute Gasteiger partial charge is 0.251 e. The van der Waals surface area contributed by atoms with E-state index in [0.717, 1.165) is 5.56 Å². The Hall–Kier alpha value is -1.55. The Kier molecular flexibility index (Phi) is 4.97. The lowest BCUT2D eigenvalue weighted by Gasteiger charge is -2.08. The largest absolute Gasteiger partial charge is 0.386 e.